The van der Waals surface area contributed by atoms with Crippen molar-refractivity contribution in [3.63, 3.8) is 0 Å². The smallest absolute Gasteiger partial charge is 0.338 e. The Balaban J connectivity index is 1.39. The number of para-hydroxylation sites is 1. The zero-order chi connectivity index (χ0) is 28.2. The number of aromatic amines is 1. The van der Waals surface area contributed by atoms with E-state index in [2.05, 4.69) is 16.4 Å². The van der Waals surface area contributed by atoms with Gasteiger partial charge in [-0.3, -0.25) is 10.1 Å². The highest BCUT2D eigenvalue weighted by Gasteiger charge is 2.34. The minimum atomic E-state index is -0.478. The third-order valence-corrected chi connectivity index (χ3v) is 7.07. The van der Waals surface area contributed by atoms with Crippen LogP contribution in [0.25, 0.3) is 10.9 Å². The van der Waals surface area contributed by atoms with Crippen LogP contribution in [0.15, 0.2) is 66.7 Å². The van der Waals surface area contributed by atoms with Crippen molar-refractivity contribution in [2.24, 2.45) is 5.92 Å². The molecule has 0 saturated carbocycles. The zero-order valence-corrected chi connectivity index (χ0v) is 23.2. The second-order valence-corrected chi connectivity index (χ2v) is 10.3. The van der Waals surface area contributed by atoms with E-state index in [-0.39, 0.29) is 30.5 Å². The third kappa shape index (κ3) is 5.67. The molecule has 3 aromatic carbocycles. The predicted molar refractivity (Wildman–Crippen MR) is 152 cm³/mol. The van der Waals surface area contributed by atoms with Gasteiger partial charge in [0.25, 0.3) is 0 Å². The standard InChI is InChI=1S/C32H34N2O6/c1-19(2)17-40-31(35)20-9-12-23(13-10-20)39-18-22-15-21(11-14-28(22)37-3)29-30-25(16-27(34-29)32(36)38-4)24-7-5-6-8-26(24)33-30/h5-15,19,27,29,33-34H,16-18H2,1-4H3/t27-,29+/m1/s1. The zero-order valence-electron chi connectivity index (χ0n) is 23.2. The molecule has 2 heterocycles. The Labute approximate surface area is 233 Å². The summed E-state index contributed by atoms with van der Waals surface area (Å²) in [6.07, 6.45) is 0.537. The van der Waals surface area contributed by atoms with Crippen molar-refractivity contribution < 1.29 is 28.5 Å². The number of esters is 2. The summed E-state index contributed by atoms with van der Waals surface area (Å²) in [4.78, 5) is 28.4. The van der Waals surface area contributed by atoms with E-state index in [1.807, 2.05) is 50.2 Å². The number of ether oxygens (including phenoxy) is 4. The van der Waals surface area contributed by atoms with Crippen LogP contribution in [-0.2, 0) is 27.3 Å². The first kappa shape index (κ1) is 27.3. The summed E-state index contributed by atoms with van der Waals surface area (Å²) in [5.74, 6) is 0.933. The molecule has 208 valence electrons. The molecule has 0 aliphatic carbocycles. The van der Waals surface area contributed by atoms with E-state index in [1.165, 1.54) is 7.11 Å². The number of carbonyl (C=O) groups is 2. The van der Waals surface area contributed by atoms with Crippen LogP contribution in [0.1, 0.15) is 52.6 Å². The minimum Gasteiger partial charge on any atom is -0.496 e. The summed E-state index contributed by atoms with van der Waals surface area (Å²) >= 11 is 0. The van der Waals surface area contributed by atoms with Gasteiger partial charge in [0.2, 0.25) is 0 Å². The van der Waals surface area contributed by atoms with Gasteiger partial charge in [-0.1, -0.05) is 38.1 Å². The maximum Gasteiger partial charge on any atom is 0.338 e. The van der Waals surface area contributed by atoms with Crippen molar-refractivity contribution in [3.8, 4) is 11.5 Å². The molecule has 0 fully saturated rings. The summed E-state index contributed by atoms with van der Waals surface area (Å²) in [5, 5.41) is 4.58. The average molecular weight is 543 g/mol. The summed E-state index contributed by atoms with van der Waals surface area (Å²) < 4.78 is 22.1. The van der Waals surface area contributed by atoms with Gasteiger partial charge >= 0.3 is 11.9 Å². The summed E-state index contributed by atoms with van der Waals surface area (Å²) in [6, 6.07) is 20.2. The van der Waals surface area contributed by atoms with Crippen LogP contribution in [0.4, 0.5) is 0 Å². The molecule has 0 bridgehead atoms. The molecule has 2 N–H and O–H groups in total. The van der Waals surface area contributed by atoms with Crippen molar-refractivity contribution >= 4 is 22.8 Å². The van der Waals surface area contributed by atoms with Gasteiger partial charge in [0.15, 0.2) is 0 Å². The van der Waals surface area contributed by atoms with Gasteiger partial charge in [0, 0.05) is 28.6 Å². The van der Waals surface area contributed by atoms with Crippen molar-refractivity contribution in [1.82, 2.24) is 10.3 Å². The highest BCUT2D eigenvalue weighted by molar-refractivity contribution is 5.89. The number of hydrogen-bond acceptors (Lipinski definition) is 7. The van der Waals surface area contributed by atoms with E-state index in [9.17, 15) is 9.59 Å². The van der Waals surface area contributed by atoms with Crippen molar-refractivity contribution in [1.29, 1.82) is 0 Å². The van der Waals surface area contributed by atoms with Crippen LogP contribution in [0.2, 0.25) is 0 Å². The molecule has 0 spiro atoms. The third-order valence-electron chi connectivity index (χ3n) is 7.07. The quantitative estimate of drug-likeness (QED) is 0.275. The van der Waals surface area contributed by atoms with Gasteiger partial charge in [-0.05, 0) is 59.5 Å². The van der Waals surface area contributed by atoms with E-state index < -0.39 is 6.04 Å². The Morgan fingerprint density at radius 3 is 2.50 bits per heavy atom. The number of H-pyrrole nitrogens is 1. The van der Waals surface area contributed by atoms with E-state index in [0.29, 0.717) is 30.1 Å². The molecule has 2 atom stereocenters. The lowest BCUT2D eigenvalue weighted by Crippen LogP contribution is -2.45. The van der Waals surface area contributed by atoms with Crippen LogP contribution < -0.4 is 14.8 Å². The van der Waals surface area contributed by atoms with E-state index in [0.717, 1.165) is 33.3 Å². The fourth-order valence-corrected chi connectivity index (χ4v) is 5.06. The minimum absolute atomic E-state index is 0.251. The largest absolute Gasteiger partial charge is 0.496 e. The predicted octanol–water partition coefficient (Wildman–Crippen LogP) is 5.35. The van der Waals surface area contributed by atoms with Crippen molar-refractivity contribution in [2.45, 2.75) is 39.0 Å². The Kier molecular flexibility index (Phi) is 8.07. The maximum absolute atomic E-state index is 12.6. The molecule has 0 radical (unpaired) electrons. The second kappa shape index (κ2) is 11.8. The van der Waals surface area contributed by atoms with Crippen LogP contribution in [0.5, 0.6) is 11.5 Å². The highest BCUT2D eigenvalue weighted by atomic mass is 16.5. The molecule has 0 amide bonds. The van der Waals surface area contributed by atoms with E-state index in [4.69, 9.17) is 18.9 Å². The molecule has 8 heteroatoms. The SMILES string of the molecule is COC(=O)[C@H]1Cc2c([nH]c3ccccc23)[C@H](c2ccc(OC)c(COc3ccc(C(=O)OCC(C)C)cc3)c2)N1. The van der Waals surface area contributed by atoms with E-state index in [1.54, 1.807) is 31.4 Å². The number of fused-ring (bicyclic) bond motifs is 3. The molecule has 4 aromatic rings. The first-order valence-corrected chi connectivity index (χ1v) is 13.4. The molecule has 1 aliphatic rings. The van der Waals surface area contributed by atoms with Crippen LogP contribution in [0.3, 0.4) is 0 Å². The second-order valence-electron chi connectivity index (χ2n) is 10.3. The summed E-state index contributed by atoms with van der Waals surface area (Å²) in [5.41, 5.74) is 5.45. The van der Waals surface area contributed by atoms with Crippen molar-refractivity contribution in [3.05, 3.63) is 94.7 Å². The number of methoxy groups -OCH3 is 2. The Morgan fingerprint density at radius 2 is 1.77 bits per heavy atom. The van der Waals surface area contributed by atoms with Crippen LogP contribution in [0, 0.1) is 5.92 Å². The van der Waals surface area contributed by atoms with Gasteiger partial charge < -0.3 is 23.9 Å². The molecule has 8 nitrogen and oxygen atoms in total. The number of hydrogen-bond donors (Lipinski definition) is 2. The number of rotatable bonds is 9. The van der Waals surface area contributed by atoms with Gasteiger partial charge in [-0.2, -0.15) is 0 Å². The fourth-order valence-electron chi connectivity index (χ4n) is 5.06. The van der Waals surface area contributed by atoms with Crippen LogP contribution in [-0.4, -0.2) is 43.8 Å². The molecule has 0 unspecified atom stereocenters. The Bertz CT molecular complexity index is 1510. The molecular formula is C32H34N2O6. The lowest BCUT2D eigenvalue weighted by atomic mass is 9.89. The Hall–Kier alpha value is -4.30. The number of nitrogens with one attached hydrogen (secondary N) is 2. The molecule has 0 saturated heterocycles. The highest BCUT2D eigenvalue weighted by Crippen LogP contribution is 2.37. The number of carbonyl (C=O) groups excluding carboxylic acids is 2. The topological polar surface area (TPSA) is 98.9 Å². The first-order chi connectivity index (χ1) is 19.4. The monoisotopic (exact) mass is 542 g/mol. The molecule has 40 heavy (non-hydrogen) atoms. The van der Waals surface area contributed by atoms with Gasteiger partial charge in [-0.15, -0.1) is 0 Å². The Morgan fingerprint density at radius 1 is 1.00 bits per heavy atom. The van der Waals surface area contributed by atoms with Crippen molar-refractivity contribution in [2.75, 3.05) is 20.8 Å². The van der Waals surface area contributed by atoms with Gasteiger partial charge in [0.05, 0.1) is 32.4 Å². The molecule has 1 aromatic heterocycles. The molecular weight excluding hydrogens is 508 g/mol. The normalized spacial score (nSPS) is 16.4. The van der Waals surface area contributed by atoms with E-state index >= 15 is 0 Å². The summed E-state index contributed by atoms with van der Waals surface area (Å²) in [7, 11) is 3.03. The molecule has 1 aliphatic heterocycles. The fraction of sp³-hybridized carbons (Fsp3) is 0.312. The molecule has 5 rings (SSSR count). The lowest BCUT2D eigenvalue weighted by molar-refractivity contribution is -0.143. The summed E-state index contributed by atoms with van der Waals surface area (Å²) in [6.45, 7) is 4.62. The van der Waals surface area contributed by atoms with Crippen LogP contribution >= 0.6 is 0 Å². The maximum atomic E-state index is 12.6. The average Bonchev–Trinajstić information content (AvgIpc) is 3.36. The lowest BCUT2D eigenvalue weighted by Gasteiger charge is -2.30. The van der Waals surface area contributed by atoms with Gasteiger partial charge in [0.1, 0.15) is 24.1 Å². The number of aromatic nitrogens is 1. The number of benzene rings is 3. The van der Waals surface area contributed by atoms with Gasteiger partial charge in [-0.25, -0.2) is 4.79 Å². The first-order valence-electron chi connectivity index (χ1n) is 13.4.